The number of H-pyrrole nitrogens is 2. The first-order valence-electron chi connectivity index (χ1n) is 37.2. The number of hydrogen-bond acceptors (Lipinski definition) is 7. The first-order chi connectivity index (χ1) is 58.0. The fraction of sp³-hybridized carbons (Fsp3) is 0. The second kappa shape index (κ2) is 36.7. The van der Waals surface area contributed by atoms with Crippen LogP contribution in [0, 0.1) is 0 Å². The van der Waals surface area contributed by atoms with Crippen LogP contribution in [-0.4, -0.2) is 36.3 Å². The fourth-order valence-electron chi connectivity index (χ4n) is 14.7. The van der Waals surface area contributed by atoms with Gasteiger partial charge in [-0.2, -0.15) is 0 Å². The third kappa shape index (κ3) is 17.2. The molecule has 20 rings (SSSR count). The lowest BCUT2D eigenvalue weighted by Crippen LogP contribution is -2.31. The molecular weight excluding hydrogens is 1720 g/mol. The van der Waals surface area contributed by atoms with E-state index in [1.165, 1.54) is 10.8 Å². The van der Waals surface area contributed by atoms with Gasteiger partial charge in [0.15, 0.2) is 0 Å². The van der Waals surface area contributed by atoms with E-state index in [1.54, 1.807) is 54.6 Å². The van der Waals surface area contributed by atoms with Crippen molar-refractivity contribution >= 4 is 218 Å². The summed E-state index contributed by atoms with van der Waals surface area (Å²) in [6.45, 7) is 0. The number of aromatic nitrogens is 4. The SMILES string of the molecule is Clc1c2[nH]c3ccccc3c2cc2[nH]c3ccccc3c12.Clc1c2c3ccccc3n(-c3ccccc3)c2cc2c3ccccc3n(-c3ccccc3)c12.Clc1cc(Br)ccc1Br.Nc1ccccc1-c1ccc(-c2ccccc2N)c(Cl)c1.Nc1ccccc1B(O)O.[N-]=[N+]=Nc1ccccc1-c1ccc(-c2ccccc2N=[N+]=[N-])c(Cl)c1. The van der Waals surface area contributed by atoms with Gasteiger partial charge in [-0.05, 0) is 158 Å². The van der Waals surface area contributed by atoms with Crippen LogP contribution in [0.1, 0.15) is 0 Å². The number of benzene rings is 16. The van der Waals surface area contributed by atoms with Crippen molar-refractivity contribution in [3.05, 3.63) is 401 Å². The number of rotatable bonds is 9. The summed E-state index contributed by atoms with van der Waals surface area (Å²) >= 11 is 39.3. The molecule has 119 heavy (non-hydrogen) atoms. The Morgan fingerprint density at radius 1 is 0.345 bits per heavy atom. The highest BCUT2D eigenvalue weighted by Crippen LogP contribution is 2.47. The second-order valence-corrected chi connectivity index (χ2v) is 31.0. The number of nitrogen functional groups attached to an aromatic ring is 3. The molecule has 0 fully saturated rings. The number of fused-ring (bicyclic) bond motifs is 12. The molecule has 0 radical (unpaired) electrons. The molecule has 16 aromatic carbocycles. The maximum absolute atomic E-state index is 8.72. The third-order valence-electron chi connectivity index (χ3n) is 20.1. The Labute approximate surface area is 725 Å². The van der Waals surface area contributed by atoms with E-state index in [9.17, 15) is 0 Å². The van der Waals surface area contributed by atoms with Crippen LogP contribution in [0.2, 0.25) is 25.1 Å². The van der Waals surface area contributed by atoms with Gasteiger partial charge in [0.05, 0.1) is 42.7 Å². The molecule has 0 saturated carbocycles. The summed E-state index contributed by atoms with van der Waals surface area (Å²) in [5.41, 5.74) is 56.1. The molecule has 580 valence electrons. The van der Waals surface area contributed by atoms with E-state index in [0.29, 0.717) is 38.3 Å². The number of hydrogen-bond donors (Lipinski definition) is 7. The van der Waals surface area contributed by atoms with Crippen molar-refractivity contribution in [1.82, 2.24) is 19.1 Å². The van der Waals surface area contributed by atoms with Crippen LogP contribution in [0.4, 0.5) is 28.4 Å². The van der Waals surface area contributed by atoms with Crippen molar-refractivity contribution in [2.75, 3.05) is 17.2 Å². The van der Waals surface area contributed by atoms with Gasteiger partial charge in [0.25, 0.3) is 0 Å². The summed E-state index contributed by atoms with van der Waals surface area (Å²) in [6.07, 6.45) is 0. The molecule has 0 unspecified atom stereocenters. The van der Waals surface area contributed by atoms with Gasteiger partial charge >= 0.3 is 7.12 Å². The van der Waals surface area contributed by atoms with E-state index in [0.717, 1.165) is 162 Å². The molecule has 15 nitrogen and oxygen atoms in total. The van der Waals surface area contributed by atoms with E-state index in [-0.39, 0.29) is 0 Å². The molecule has 0 aliphatic rings. The smallest absolute Gasteiger partial charge is 0.423 e. The van der Waals surface area contributed by atoms with Gasteiger partial charge in [0, 0.05) is 156 Å². The molecule has 10 N–H and O–H groups in total. The Hall–Kier alpha value is -12.9. The average molecular weight is 1780 g/mol. The minimum Gasteiger partial charge on any atom is -0.423 e. The van der Waals surface area contributed by atoms with Crippen LogP contribution < -0.4 is 22.7 Å². The zero-order chi connectivity index (χ0) is 82.8. The highest BCUT2D eigenvalue weighted by atomic mass is 79.9. The third-order valence-corrected chi connectivity index (χ3v) is 23.2. The average Bonchev–Trinajstić information content (AvgIpc) is 1.55. The molecule has 0 atom stereocenters. The molecule has 0 aliphatic heterocycles. The van der Waals surface area contributed by atoms with E-state index in [2.05, 4.69) is 217 Å². The quantitative estimate of drug-likeness (QED) is 0.0185. The largest absolute Gasteiger partial charge is 0.490 e. The Bertz CT molecular complexity index is 7280. The first-order valence-corrected chi connectivity index (χ1v) is 40.7. The van der Waals surface area contributed by atoms with Gasteiger partial charge in [-0.25, -0.2) is 0 Å². The Morgan fingerprint density at radius 2 is 0.815 bits per heavy atom. The number of aromatic amines is 2. The number of azide groups is 2. The predicted octanol–water partition coefficient (Wildman–Crippen LogP) is 29.4. The molecule has 23 heteroatoms. The minimum atomic E-state index is -1.47. The van der Waals surface area contributed by atoms with Crippen molar-refractivity contribution in [2.24, 2.45) is 10.2 Å². The normalized spacial score (nSPS) is 10.8. The summed E-state index contributed by atoms with van der Waals surface area (Å²) in [7, 11) is -1.47. The number of nitrogens with one attached hydrogen (secondary N) is 2. The van der Waals surface area contributed by atoms with Crippen LogP contribution in [0.25, 0.3) is 164 Å². The lowest BCUT2D eigenvalue weighted by Gasteiger charge is -2.11. The van der Waals surface area contributed by atoms with Crippen molar-refractivity contribution in [3.8, 4) is 55.9 Å². The summed E-state index contributed by atoms with van der Waals surface area (Å²) in [5.74, 6) is 0. The standard InChI is InChI=1S/C30H19ClN2.C18H11ClN6.C18H11ClN2.C18H15ClN2.C6H8BNO2.C6H3Br2Cl/c31-29-28-23-16-8-10-18-26(23)32(20-11-3-1-4-12-20)27(28)19-24-22-15-7-9-17-25(22)33(30(24)29)21-13-5-2-6-14-21;19-16-11-12(13-5-1-3-7-17(13)22-24-20)9-10-14(16)15-6-2-4-8-18(15)23-25-21;19-17-16-11-6-2-4-8-14(11)20-15(16)9-12-10-5-1-3-7-13(10)21-18(12)17;19-16-11-12(13-5-1-3-7-17(13)20)9-10-14(16)15-6-2-4-8-18(15)21;8-6-4-2-1-3-5(6)7(9)10;7-4-1-2-5(8)6(9)3-4/h1-19H;1-11H;1-9,20-21H;1-11H,20-21H2;1-4,9-10H,8H2;1-3H. The predicted molar refractivity (Wildman–Crippen MR) is 509 cm³/mol. The highest BCUT2D eigenvalue weighted by Gasteiger charge is 2.24. The van der Waals surface area contributed by atoms with Crippen molar-refractivity contribution in [2.45, 2.75) is 0 Å². The van der Waals surface area contributed by atoms with E-state index < -0.39 is 7.12 Å². The van der Waals surface area contributed by atoms with Crippen LogP contribution in [-0.2, 0) is 0 Å². The maximum atomic E-state index is 8.72. The number of nitrogens with zero attached hydrogens (tertiary/aromatic N) is 8. The van der Waals surface area contributed by atoms with Crippen molar-refractivity contribution < 1.29 is 10.0 Å². The number of anilines is 3. The van der Waals surface area contributed by atoms with Crippen molar-refractivity contribution in [1.29, 1.82) is 0 Å². The van der Waals surface area contributed by atoms with Crippen LogP contribution in [0.3, 0.4) is 0 Å². The molecule has 4 heterocycles. The molecule has 0 amide bonds. The van der Waals surface area contributed by atoms with Gasteiger partial charge in [-0.3, -0.25) is 0 Å². The molecule has 0 bridgehead atoms. The van der Waals surface area contributed by atoms with Crippen LogP contribution in [0.15, 0.2) is 365 Å². The highest BCUT2D eigenvalue weighted by molar-refractivity contribution is 9.11. The summed E-state index contributed by atoms with van der Waals surface area (Å²) in [5, 5.41) is 37.5. The fourth-order valence-corrected chi connectivity index (χ4v) is 16.9. The Kier molecular flexibility index (Phi) is 25.1. The molecule has 4 aromatic heterocycles. The number of nitrogens with two attached hydrogens (primary N) is 3. The lowest BCUT2D eigenvalue weighted by molar-refractivity contribution is 0.426. The Balaban J connectivity index is 0.000000117. The van der Waals surface area contributed by atoms with E-state index in [1.807, 2.05) is 146 Å². The summed E-state index contributed by atoms with van der Waals surface area (Å²) in [4.78, 5) is 12.6. The maximum Gasteiger partial charge on any atom is 0.490 e. The first kappa shape index (κ1) is 81.3. The topological polar surface area (TPSA) is 257 Å². The molecular formula is C96H67BBr2Cl5N13O2. The molecule has 20 aromatic rings. The summed E-state index contributed by atoms with van der Waals surface area (Å²) in [6, 6.07) is 113. The number of halogens is 7. The second-order valence-electron chi connectivity index (χ2n) is 27.3. The lowest BCUT2D eigenvalue weighted by atomic mass is 9.79. The van der Waals surface area contributed by atoms with E-state index >= 15 is 0 Å². The summed E-state index contributed by atoms with van der Waals surface area (Å²) < 4.78 is 6.54. The zero-order valence-corrected chi connectivity index (χ0v) is 69.8. The zero-order valence-electron chi connectivity index (χ0n) is 62.8. The van der Waals surface area contributed by atoms with Gasteiger partial charge in [0.1, 0.15) is 0 Å². The molecule has 0 aliphatic carbocycles. The molecule has 0 saturated heterocycles. The van der Waals surface area contributed by atoms with Gasteiger partial charge in [-0.15, -0.1) is 0 Å². The van der Waals surface area contributed by atoms with Gasteiger partial charge in [-0.1, -0.05) is 321 Å². The minimum absolute atomic E-state index is 0.350. The Morgan fingerprint density at radius 3 is 1.39 bits per heavy atom. The van der Waals surface area contributed by atoms with Crippen LogP contribution >= 0.6 is 89.9 Å². The molecule has 0 spiro atoms. The van der Waals surface area contributed by atoms with E-state index in [4.69, 9.17) is 96.3 Å². The van der Waals surface area contributed by atoms with Crippen molar-refractivity contribution in [3.63, 3.8) is 0 Å². The monoisotopic (exact) mass is 1780 g/mol. The van der Waals surface area contributed by atoms with Gasteiger partial charge in [0.2, 0.25) is 0 Å². The van der Waals surface area contributed by atoms with Gasteiger partial charge < -0.3 is 46.4 Å². The van der Waals surface area contributed by atoms with Crippen LogP contribution in [0.5, 0.6) is 0 Å². The number of para-hydroxylation sites is 9.